The minimum absolute atomic E-state index is 0.0431. The minimum Gasteiger partial charge on any atom is -0.495 e. The lowest BCUT2D eigenvalue weighted by Gasteiger charge is -2.18. The van der Waals surface area contributed by atoms with Crippen LogP contribution in [0.15, 0.2) is 65.6 Å². The molecular formula is C24H19N3O10S. The molecule has 0 bridgehead atoms. The molecule has 1 aliphatic heterocycles. The molecule has 1 heterocycles. The SMILES string of the molecule is COc1ccc([N+](=O)[O-])cc1NS(=O)(=O)c1cccc(C(=O)OCC(=O)c2ccc3c(c2)NC(=O)CO3)c1. The van der Waals surface area contributed by atoms with Gasteiger partial charge in [0.1, 0.15) is 11.5 Å². The summed E-state index contributed by atoms with van der Waals surface area (Å²) in [6.45, 7) is -0.784. The van der Waals surface area contributed by atoms with Gasteiger partial charge in [0, 0.05) is 17.7 Å². The highest BCUT2D eigenvalue weighted by Crippen LogP contribution is 2.31. The van der Waals surface area contributed by atoms with Crippen molar-refractivity contribution in [2.45, 2.75) is 4.90 Å². The zero-order chi connectivity index (χ0) is 27.4. The first-order valence-corrected chi connectivity index (χ1v) is 12.3. The van der Waals surface area contributed by atoms with E-state index in [1.54, 1.807) is 0 Å². The molecule has 3 aromatic carbocycles. The normalized spacial score (nSPS) is 12.4. The number of anilines is 2. The van der Waals surface area contributed by atoms with E-state index in [-0.39, 0.29) is 45.7 Å². The van der Waals surface area contributed by atoms with Crippen LogP contribution in [0.25, 0.3) is 0 Å². The number of rotatable bonds is 9. The van der Waals surface area contributed by atoms with Gasteiger partial charge in [0.25, 0.3) is 21.6 Å². The highest BCUT2D eigenvalue weighted by Gasteiger charge is 2.22. The predicted octanol–water partition coefficient (Wildman–Crippen LogP) is 2.77. The number of methoxy groups -OCH3 is 1. The zero-order valence-electron chi connectivity index (χ0n) is 19.6. The van der Waals surface area contributed by atoms with Gasteiger partial charge in [0.15, 0.2) is 19.0 Å². The van der Waals surface area contributed by atoms with Crippen molar-refractivity contribution in [2.24, 2.45) is 0 Å². The molecule has 0 unspecified atom stereocenters. The van der Waals surface area contributed by atoms with Crippen LogP contribution in [0.2, 0.25) is 0 Å². The van der Waals surface area contributed by atoms with Crippen LogP contribution in [0.1, 0.15) is 20.7 Å². The number of ketones is 1. The molecule has 0 saturated carbocycles. The highest BCUT2D eigenvalue weighted by molar-refractivity contribution is 7.92. The van der Waals surface area contributed by atoms with Crippen LogP contribution in [0.3, 0.4) is 0 Å². The summed E-state index contributed by atoms with van der Waals surface area (Å²) in [6.07, 6.45) is 0. The number of hydrogen-bond acceptors (Lipinski definition) is 10. The Morgan fingerprint density at radius 1 is 1.11 bits per heavy atom. The van der Waals surface area contributed by atoms with Gasteiger partial charge >= 0.3 is 5.97 Å². The number of carbonyl (C=O) groups excluding carboxylic acids is 3. The van der Waals surface area contributed by atoms with E-state index < -0.39 is 33.3 Å². The maximum absolute atomic E-state index is 12.9. The first-order valence-electron chi connectivity index (χ1n) is 10.8. The molecule has 38 heavy (non-hydrogen) atoms. The average molecular weight is 541 g/mol. The molecule has 0 radical (unpaired) electrons. The van der Waals surface area contributed by atoms with Crippen LogP contribution in [0.4, 0.5) is 17.1 Å². The highest BCUT2D eigenvalue weighted by atomic mass is 32.2. The summed E-state index contributed by atoms with van der Waals surface area (Å²) in [7, 11) is -3.04. The monoisotopic (exact) mass is 541 g/mol. The number of ether oxygens (including phenoxy) is 3. The van der Waals surface area contributed by atoms with Gasteiger partial charge in [-0.25, -0.2) is 13.2 Å². The summed E-state index contributed by atoms with van der Waals surface area (Å²) in [6, 6.07) is 12.6. The van der Waals surface area contributed by atoms with Crippen molar-refractivity contribution in [3.63, 3.8) is 0 Å². The van der Waals surface area contributed by atoms with E-state index in [0.717, 1.165) is 18.2 Å². The number of esters is 1. The minimum atomic E-state index is -4.31. The Kier molecular flexibility index (Phi) is 7.25. The summed E-state index contributed by atoms with van der Waals surface area (Å²) < 4.78 is 43.4. The van der Waals surface area contributed by atoms with E-state index >= 15 is 0 Å². The number of hydrogen-bond donors (Lipinski definition) is 2. The molecule has 0 aliphatic carbocycles. The van der Waals surface area contributed by atoms with Crippen molar-refractivity contribution >= 4 is 44.7 Å². The summed E-state index contributed by atoms with van der Waals surface area (Å²) in [5, 5.41) is 13.6. The Labute approximate surface area is 215 Å². The number of fused-ring (bicyclic) bond motifs is 1. The average Bonchev–Trinajstić information content (AvgIpc) is 2.90. The maximum atomic E-state index is 12.9. The number of nitrogens with one attached hydrogen (secondary N) is 2. The second-order valence-electron chi connectivity index (χ2n) is 7.82. The molecule has 0 aromatic heterocycles. The number of nitrogens with zero attached hydrogens (tertiary/aromatic N) is 1. The third-order valence-electron chi connectivity index (χ3n) is 5.29. The van der Waals surface area contributed by atoms with Gasteiger partial charge in [0.2, 0.25) is 0 Å². The maximum Gasteiger partial charge on any atom is 0.338 e. The Bertz CT molecular complexity index is 1570. The van der Waals surface area contributed by atoms with Crippen LogP contribution < -0.4 is 19.5 Å². The first kappa shape index (κ1) is 26.1. The fourth-order valence-corrected chi connectivity index (χ4v) is 4.54. The fraction of sp³-hybridized carbons (Fsp3) is 0.125. The zero-order valence-corrected chi connectivity index (χ0v) is 20.4. The van der Waals surface area contributed by atoms with E-state index in [2.05, 4.69) is 10.0 Å². The standard InChI is InChI=1S/C24H19N3O10S/c1-35-21-8-6-16(27(31)32)11-19(21)26-38(33,34)17-4-2-3-15(9-17)24(30)37-12-20(28)14-5-7-22-18(10-14)25-23(29)13-36-22/h2-11,26H,12-13H2,1H3,(H,25,29). The van der Waals surface area contributed by atoms with Gasteiger partial charge in [-0.1, -0.05) is 6.07 Å². The van der Waals surface area contributed by atoms with E-state index in [0.29, 0.717) is 11.4 Å². The lowest BCUT2D eigenvalue weighted by Crippen LogP contribution is -2.25. The number of benzene rings is 3. The van der Waals surface area contributed by atoms with E-state index in [1.807, 2.05) is 0 Å². The Morgan fingerprint density at radius 3 is 2.63 bits per heavy atom. The van der Waals surface area contributed by atoms with Gasteiger partial charge in [0.05, 0.1) is 33.9 Å². The van der Waals surface area contributed by atoms with Crippen LogP contribution in [0, 0.1) is 10.1 Å². The molecule has 13 nitrogen and oxygen atoms in total. The number of carbonyl (C=O) groups is 3. The number of amides is 1. The van der Waals surface area contributed by atoms with E-state index in [4.69, 9.17) is 14.2 Å². The molecule has 1 amide bonds. The Balaban J connectivity index is 1.47. The van der Waals surface area contributed by atoms with Gasteiger partial charge in [-0.05, 0) is 42.5 Å². The quantitative estimate of drug-likeness (QED) is 0.177. The van der Waals surface area contributed by atoms with Crippen LogP contribution in [-0.4, -0.2) is 51.3 Å². The predicted molar refractivity (Wildman–Crippen MR) is 132 cm³/mol. The number of non-ortho nitro benzene ring substituents is 1. The van der Waals surface area contributed by atoms with Crippen molar-refractivity contribution in [2.75, 3.05) is 30.4 Å². The van der Waals surface area contributed by atoms with Gasteiger partial charge < -0.3 is 19.5 Å². The first-order chi connectivity index (χ1) is 18.1. The number of nitro groups is 1. The molecule has 1 aliphatic rings. The molecule has 4 rings (SSSR count). The van der Waals surface area contributed by atoms with Gasteiger partial charge in [-0.2, -0.15) is 0 Å². The van der Waals surface area contributed by atoms with E-state index in [1.165, 1.54) is 49.6 Å². The van der Waals surface area contributed by atoms with E-state index in [9.17, 15) is 32.9 Å². The molecule has 0 spiro atoms. The van der Waals surface area contributed by atoms with Crippen LogP contribution >= 0.6 is 0 Å². The summed E-state index contributed by atoms with van der Waals surface area (Å²) in [4.78, 5) is 46.6. The van der Waals surface area contributed by atoms with Crippen molar-refractivity contribution in [3.8, 4) is 11.5 Å². The largest absolute Gasteiger partial charge is 0.495 e. The van der Waals surface area contributed by atoms with Gasteiger partial charge in [-0.15, -0.1) is 0 Å². The summed E-state index contributed by atoms with van der Waals surface area (Å²) >= 11 is 0. The van der Waals surface area contributed by atoms with Crippen LogP contribution in [-0.2, 0) is 19.6 Å². The molecule has 0 fully saturated rings. The molecule has 14 heteroatoms. The Morgan fingerprint density at radius 2 is 1.89 bits per heavy atom. The third kappa shape index (κ3) is 5.70. The number of sulfonamides is 1. The molecule has 2 N–H and O–H groups in total. The molecule has 196 valence electrons. The molecule has 0 saturated heterocycles. The molecular weight excluding hydrogens is 522 g/mol. The van der Waals surface area contributed by atoms with Crippen molar-refractivity contribution in [3.05, 3.63) is 81.9 Å². The molecule has 3 aromatic rings. The smallest absolute Gasteiger partial charge is 0.338 e. The summed E-state index contributed by atoms with van der Waals surface area (Å²) in [5.74, 6) is -1.46. The molecule has 0 atom stereocenters. The number of Topliss-reactive ketones (excluding diaryl/α,β-unsaturated/α-hetero) is 1. The fourth-order valence-electron chi connectivity index (χ4n) is 3.44. The Hall–Kier alpha value is -4.98. The van der Waals surface area contributed by atoms with Crippen molar-refractivity contribution in [1.29, 1.82) is 0 Å². The van der Waals surface area contributed by atoms with Crippen molar-refractivity contribution in [1.82, 2.24) is 0 Å². The second kappa shape index (κ2) is 10.6. The third-order valence-corrected chi connectivity index (χ3v) is 6.65. The van der Waals surface area contributed by atoms with Gasteiger partial charge in [-0.3, -0.25) is 24.4 Å². The van der Waals surface area contributed by atoms with Crippen molar-refractivity contribution < 1.29 is 41.9 Å². The second-order valence-corrected chi connectivity index (χ2v) is 9.50. The van der Waals surface area contributed by atoms with Crippen LogP contribution in [0.5, 0.6) is 11.5 Å². The lowest BCUT2D eigenvalue weighted by molar-refractivity contribution is -0.384. The topological polar surface area (TPSA) is 180 Å². The number of nitro benzene ring substituents is 1. The lowest BCUT2D eigenvalue weighted by atomic mass is 10.1. The summed E-state index contributed by atoms with van der Waals surface area (Å²) in [5.41, 5.74) is -0.220.